The summed E-state index contributed by atoms with van der Waals surface area (Å²) in [6, 6.07) is 5.74. The van der Waals surface area contributed by atoms with Crippen molar-refractivity contribution in [3.8, 4) is 0 Å². The van der Waals surface area contributed by atoms with Gasteiger partial charge in [0.2, 0.25) is 0 Å². The molecule has 0 saturated carbocycles. The zero-order chi connectivity index (χ0) is 12.3. The molecule has 0 amide bonds. The second-order valence-corrected chi connectivity index (χ2v) is 4.95. The minimum atomic E-state index is -0.100. The third kappa shape index (κ3) is 3.67. The first-order valence-corrected chi connectivity index (χ1v) is 6.40. The quantitative estimate of drug-likeness (QED) is 0.917. The van der Waals surface area contributed by atoms with Crippen molar-refractivity contribution in [1.82, 2.24) is 4.90 Å². The highest BCUT2D eigenvalue weighted by molar-refractivity contribution is 5.85. The second-order valence-electron chi connectivity index (χ2n) is 4.95. The first kappa shape index (κ1) is 15.4. The van der Waals surface area contributed by atoms with Crippen LogP contribution in [-0.4, -0.2) is 24.0 Å². The number of nitrogens with zero attached hydrogens (tertiary/aromatic N) is 1. The van der Waals surface area contributed by atoms with E-state index in [4.69, 9.17) is 5.73 Å². The van der Waals surface area contributed by atoms with Crippen LogP contribution in [0, 0.1) is 12.7 Å². The van der Waals surface area contributed by atoms with E-state index in [1.807, 2.05) is 19.1 Å². The Morgan fingerprint density at radius 3 is 2.89 bits per heavy atom. The molecular weight excluding hydrogens is 251 g/mol. The van der Waals surface area contributed by atoms with Gasteiger partial charge in [-0.1, -0.05) is 24.1 Å². The van der Waals surface area contributed by atoms with Gasteiger partial charge in [-0.2, -0.15) is 0 Å². The fourth-order valence-electron chi connectivity index (χ4n) is 2.58. The van der Waals surface area contributed by atoms with E-state index in [1.54, 1.807) is 6.07 Å². The Balaban J connectivity index is 0.00000162. The van der Waals surface area contributed by atoms with Crippen LogP contribution in [0.15, 0.2) is 18.2 Å². The van der Waals surface area contributed by atoms with Crippen LogP contribution in [0.5, 0.6) is 0 Å². The van der Waals surface area contributed by atoms with Crippen LogP contribution < -0.4 is 5.73 Å². The van der Waals surface area contributed by atoms with E-state index < -0.39 is 0 Å². The van der Waals surface area contributed by atoms with Gasteiger partial charge in [0.15, 0.2) is 0 Å². The van der Waals surface area contributed by atoms with Crippen LogP contribution in [0.4, 0.5) is 4.39 Å². The molecule has 0 aromatic heterocycles. The monoisotopic (exact) mass is 272 g/mol. The molecule has 1 atom stereocenters. The molecule has 1 saturated heterocycles. The fraction of sp³-hybridized carbons (Fsp3) is 0.571. The lowest BCUT2D eigenvalue weighted by atomic mass is 10.0. The number of benzene rings is 1. The molecule has 1 fully saturated rings. The lowest BCUT2D eigenvalue weighted by Crippen LogP contribution is -2.43. The Hall–Kier alpha value is -0.640. The van der Waals surface area contributed by atoms with Crippen molar-refractivity contribution in [2.24, 2.45) is 5.73 Å². The topological polar surface area (TPSA) is 29.3 Å². The Bertz CT molecular complexity index is 384. The average molecular weight is 273 g/mol. The van der Waals surface area contributed by atoms with E-state index in [0.29, 0.717) is 19.1 Å². The van der Waals surface area contributed by atoms with Crippen LogP contribution >= 0.6 is 12.4 Å². The maximum absolute atomic E-state index is 13.7. The molecule has 0 aliphatic carbocycles. The summed E-state index contributed by atoms with van der Waals surface area (Å²) in [5.41, 5.74) is 7.69. The van der Waals surface area contributed by atoms with Gasteiger partial charge in [-0.25, -0.2) is 4.39 Å². The predicted octanol–water partition coefficient (Wildman–Crippen LogP) is 2.87. The smallest absolute Gasteiger partial charge is 0.127 e. The number of hydrogen-bond acceptors (Lipinski definition) is 2. The zero-order valence-electron chi connectivity index (χ0n) is 10.9. The highest BCUT2D eigenvalue weighted by atomic mass is 35.5. The van der Waals surface area contributed by atoms with E-state index in [0.717, 1.165) is 24.1 Å². The van der Waals surface area contributed by atoms with Gasteiger partial charge < -0.3 is 5.73 Å². The van der Waals surface area contributed by atoms with Crippen molar-refractivity contribution in [2.75, 3.05) is 13.1 Å². The number of hydrogen-bond donors (Lipinski definition) is 1. The SMILES string of the molecule is Cc1ccc(F)c(CN2CCCCC2CN)c1.Cl. The maximum atomic E-state index is 13.7. The standard InChI is InChI=1S/C14H21FN2.ClH/c1-11-5-6-14(15)12(8-11)10-17-7-3-2-4-13(17)9-16;/h5-6,8,13H,2-4,7,9-10,16H2,1H3;1H. The van der Waals surface area contributed by atoms with Gasteiger partial charge in [0.05, 0.1) is 0 Å². The number of rotatable bonds is 3. The molecule has 0 radical (unpaired) electrons. The Kier molecular flexibility index (Phi) is 6.06. The normalized spacial score (nSPS) is 20.5. The number of nitrogens with two attached hydrogens (primary N) is 1. The van der Waals surface area contributed by atoms with Gasteiger partial charge in [-0.3, -0.25) is 4.90 Å². The molecule has 1 unspecified atom stereocenters. The summed E-state index contributed by atoms with van der Waals surface area (Å²) in [5.74, 6) is -0.100. The Morgan fingerprint density at radius 1 is 1.39 bits per heavy atom. The molecule has 0 spiro atoms. The van der Waals surface area contributed by atoms with Crippen LogP contribution in [0.2, 0.25) is 0 Å². The van der Waals surface area contributed by atoms with Gasteiger partial charge >= 0.3 is 0 Å². The Morgan fingerprint density at radius 2 is 2.17 bits per heavy atom. The third-order valence-electron chi connectivity index (χ3n) is 3.60. The largest absolute Gasteiger partial charge is 0.329 e. The van der Waals surface area contributed by atoms with E-state index in [-0.39, 0.29) is 18.2 Å². The van der Waals surface area contributed by atoms with Crippen molar-refractivity contribution >= 4 is 12.4 Å². The van der Waals surface area contributed by atoms with Crippen molar-refractivity contribution in [2.45, 2.75) is 38.8 Å². The molecule has 2 nitrogen and oxygen atoms in total. The van der Waals surface area contributed by atoms with Gasteiger partial charge in [-0.15, -0.1) is 12.4 Å². The molecule has 1 aliphatic heterocycles. The summed E-state index contributed by atoms with van der Waals surface area (Å²) in [6.07, 6.45) is 3.59. The molecular formula is C14H22ClFN2. The van der Waals surface area contributed by atoms with E-state index >= 15 is 0 Å². The number of halogens is 2. The minimum Gasteiger partial charge on any atom is -0.329 e. The first-order valence-electron chi connectivity index (χ1n) is 6.40. The van der Waals surface area contributed by atoms with Gasteiger partial charge in [0.1, 0.15) is 5.82 Å². The van der Waals surface area contributed by atoms with Gasteiger partial charge in [-0.05, 0) is 32.4 Å². The number of likely N-dealkylation sites (tertiary alicyclic amines) is 1. The van der Waals surface area contributed by atoms with Crippen molar-refractivity contribution in [3.63, 3.8) is 0 Å². The molecule has 1 aromatic rings. The van der Waals surface area contributed by atoms with Crippen LogP contribution in [-0.2, 0) is 6.54 Å². The van der Waals surface area contributed by atoms with Crippen LogP contribution in [0.1, 0.15) is 30.4 Å². The third-order valence-corrected chi connectivity index (χ3v) is 3.60. The molecule has 1 aromatic carbocycles. The molecule has 18 heavy (non-hydrogen) atoms. The lowest BCUT2D eigenvalue weighted by Gasteiger charge is -2.35. The molecule has 1 aliphatic rings. The summed E-state index contributed by atoms with van der Waals surface area (Å²) in [7, 11) is 0. The minimum absolute atomic E-state index is 0. The Labute approximate surface area is 115 Å². The first-order chi connectivity index (χ1) is 8.20. The fourth-order valence-corrected chi connectivity index (χ4v) is 2.58. The van der Waals surface area contributed by atoms with E-state index in [9.17, 15) is 4.39 Å². The summed E-state index contributed by atoms with van der Waals surface area (Å²) in [6.45, 7) is 4.40. The van der Waals surface area contributed by atoms with Crippen molar-refractivity contribution < 1.29 is 4.39 Å². The molecule has 2 N–H and O–H groups in total. The summed E-state index contributed by atoms with van der Waals surface area (Å²) >= 11 is 0. The molecule has 4 heteroatoms. The van der Waals surface area contributed by atoms with E-state index in [2.05, 4.69) is 4.90 Å². The average Bonchev–Trinajstić information content (AvgIpc) is 2.34. The molecule has 0 bridgehead atoms. The molecule has 102 valence electrons. The number of aryl methyl sites for hydroxylation is 1. The van der Waals surface area contributed by atoms with Crippen LogP contribution in [0.3, 0.4) is 0 Å². The number of piperidine rings is 1. The van der Waals surface area contributed by atoms with Gasteiger partial charge in [0, 0.05) is 24.7 Å². The van der Waals surface area contributed by atoms with Gasteiger partial charge in [0.25, 0.3) is 0 Å². The highest BCUT2D eigenvalue weighted by Gasteiger charge is 2.21. The molecule has 2 rings (SSSR count). The predicted molar refractivity (Wildman–Crippen MR) is 75.5 cm³/mol. The van der Waals surface area contributed by atoms with Crippen molar-refractivity contribution in [1.29, 1.82) is 0 Å². The molecule has 1 heterocycles. The second kappa shape index (κ2) is 7.07. The highest BCUT2D eigenvalue weighted by Crippen LogP contribution is 2.20. The summed E-state index contributed by atoms with van der Waals surface area (Å²) < 4.78 is 13.7. The van der Waals surface area contributed by atoms with E-state index in [1.165, 1.54) is 12.8 Å². The van der Waals surface area contributed by atoms with Crippen LogP contribution in [0.25, 0.3) is 0 Å². The lowest BCUT2D eigenvalue weighted by molar-refractivity contribution is 0.143. The van der Waals surface area contributed by atoms with Crippen molar-refractivity contribution in [3.05, 3.63) is 35.1 Å². The summed E-state index contributed by atoms with van der Waals surface area (Å²) in [5, 5.41) is 0. The zero-order valence-corrected chi connectivity index (χ0v) is 11.7. The maximum Gasteiger partial charge on any atom is 0.127 e. The summed E-state index contributed by atoms with van der Waals surface area (Å²) in [4.78, 5) is 2.32.